The van der Waals surface area contributed by atoms with Gasteiger partial charge >= 0.3 is 0 Å². The van der Waals surface area contributed by atoms with Crippen molar-refractivity contribution < 1.29 is 0 Å². The number of allylic oxidation sites excluding steroid dienone is 2. The highest BCUT2D eigenvalue weighted by atomic mass is 14.0. The first kappa shape index (κ1) is 8.79. The number of rotatable bonds is 2. The molecule has 0 aliphatic heterocycles. The predicted octanol–water partition coefficient (Wildman–Crippen LogP) is 3.50. The van der Waals surface area contributed by atoms with Crippen molar-refractivity contribution in [2.45, 2.75) is 13.8 Å². The summed E-state index contributed by atoms with van der Waals surface area (Å²) in [7, 11) is 0. The van der Waals surface area contributed by atoms with Crippen LogP contribution >= 0.6 is 0 Å². The zero-order valence-electron chi connectivity index (χ0n) is 7.67. The van der Waals surface area contributed by atoms with Crippen LogP contribution < -0.4 is 0 Å². The molecule has 0 fully saturated rings. The van der Waals surface area contributed by atoms with Crippen LogP contribution in [0.4, 0.5) is 0 Å². The van der Waals surface area contributed by atoms with E-state index in [0.717, 1.165) is 0 Å². The molecule has 0 saturated carbocycles. The lowest BCUT2D eigenvalue weighted by atomic mass is 10.0. The molecule has 0 heterocycles. The van der Waals surface area contributed by atoms with Crippen LogP contribution in [-0.4, -0.2) is 0 Å². The van der Waals surface area contributed by atoms with Gasteiger partial charge in [0.2, 0.25) is 0 Å². The molecule has 0 aliphatic carbocycles. The molecule has 0 unspecified atom stereocenters. The van der Waals surface area contributed by atoms with Gasteiger partial charge in [0.25, 0.3) is 0 Å². The number of aryl methyl sites for hydroxylation is 2. The Hall–Kier alpha value is -1.30. The van der Waals surface area contributed by atoms with Gasteiger partial charge in [-0.05, 0) is 30.5 Å². The Balaban J connectivity index is 3.12. The molecule has 0 heteroatoms. The van der Waals surface area contributed by atoms with Crippen LogP contribution in [0.15, 0.2) is 36.9 Å². The highest BCUT2D eigenvalue weighted by molar-refractivity contribution is 5.58. The summed E-state index contributed by atoms with van der Waals surface area (Å²) < 4.78 is 0. The van der Waals surface area contributed by atoms with Gasteiger partial charge in [-0.2, -0.15) is 0 Å². The lowest BCUT2D eigenvalue weighted by molar-refractivity contribution is 1.36. The van der Waals surface area contributed by atoms with Crippen molar-refractivity contribution in [3.8, 4) is 0 Å². The summed E-state index contributed by atoms with van der Waals surface area (Å²) in [5.41, 5.74) is 3.93. The van der Waals surface area contributed by atoms with Crippen molar-refractivity contribution in [3.63, 3.8) is 0 Å². The molecule has 0 radical (unpaired) electrons. The standard InChI is InChI=1S/C12H14/c1-4-5-9-12-10(2)7-6-8-11(12)3/h4-9H,1H2,2-3H3/b9-5-. The zero-order valence-corrected chi connectivity index (χ0v) is 7.67. The normalized spacial score (nSPS) is 10.5. The highest BCUT2D eigenvalue weighted by Gasteiger charge is 1.95. The third-order valence-corrected chi connectivity index (χ3v) is 1.94. The van der Waals surface area contributed by atoms with Gasteiger partial charge in [0.05, 0.1) is 0 Å². The summed E-state index contributed by atoms with van der Waals surface area (Å²) in [6.45, 7) is 7.89. The van der Waals surface area contributed by atoms with E-state index in [9.17, 15) is 0 Å². The van der Waals surface area contributed by atoms with Crippen LogP contribution in [0.25, 0.3) is 6.08 Å². The maximum absolute atomic E-state index is 3.65. The van der Waals surface area contributed by atoms with E-state index in [2.05, 4.69) is 44.7 Å². The third kappa shape index (κ3) is 1.85. The zero-order chi connectivity index (χ0) is 8.97. The fourth-order valence-corrected chi connectivity index (χ4v) is 1.25. The third-order valence-electron chi connectivity index (χ3n) is 1.94. The molecule has 0 N–H and O–H groups in total. The van der Waals surface area contributed by atoms with Crippen molar-refractivity contribution >= 4 is 6.08 Å². The average Bonchev–Trinajstić information content (AvgIpc) is 2.04. The monoisotopic (exact) mass is 158 g/mol. The Labute approximate surface area is 74.2 Å². The van der Waals surface area contributed by atoms with Crippen molar-refractivity contribution in [3.05, 3.63) is 53.6 Å². The topological polar surface area (TPSA) is 0 Å². The SMILES string of the molecule is C=C/C=C\c1c(C)cccc1C. The minimum absolute atomic E-state index is 1.30. The minimum Gasteiger partial charge on any atom is -0.0991 e. The molecular formula is C12H14. The summed E-state index contributed by atoms with van der Waals surface area (Å²) in [5.74, 6) is 0. The summed E-state index contributed by atoms with van der Waals surface area (Å²) in [4.78, 5) is 0. The van der Waals surface area contributed by atoms with Crippen LogP contribution in [0.1, 0.15) is 16.7 Å². The van der Waals surface area contributed by atoms with Crippen molar-refractivity contribution in [1.82, 2.24) is 0 Å². The van der Waals surface area contributed by atoms with E-state index in [1.807, 2.05) is 6.08 Å². The maximum Gasteiger partial charge on any atom is -0.0198 e. The van der Waals surface area contributed by atoms with Gasteiger partial charge in [0.15, 0.2) is 0 Å². The fourth-order valence-electron chi connectivity index (χ4n) is 1.25. The molecule has 0 amide bonds. The van der Waals surface area contributed by atoms with Crippen molar-refractivity contribution in [2.24, 2.45) is 0 Å². The van der Waals surface area contributed by atoms with Gasteiger partial charge in [-0.25, -0.2) is 0 Å². The van der Waals surface area contributed by atoms with Crippen molar-refractivity contribution in [1.29, 1.82) is 0 Å². The van der Waals surface area contributed by atoms with Gasteiger partial charge in [0.1, 0.15) is 0 Å². The first-order valence-electron chi connectivity index (χ1n) is 4.11. The van der Waals surface area contributed by atoms with Crippen LogP contribution in [0, 0.1) is 13.8 Å². The molecule has 0 bridgehead atoms. The minimum atomic E-state index is 1.30. The second-order valence-corrected chi connectivity index (χ2v) is 2.90. The predicted molar refractivity (Wildman–Crippen MR) is 55.1 cm³/mol. The van der Waals surface area contributed by atoms with Gasteiger partial charge < -0.3 is 0 Å². The second kappa shape index (κ2) is 3.91. The van der Waals surface area contributed by atoms with Crippen LogP contribution in [0.5, 0.6) is 0 Å². The molecule has 0 saturated heterocycles. The largest absolute Gasteiger partial charge is 0.0991 e. The summed E-state index contributed by atoms with van der Waals surface area (Å²) in [6.07, 6.45) is 5.86. The molecular weight excluding hydrogens is 144 g/mol. The fraction of sp³-hybridized carbons (Fsp3) is 0.167. The molecule has 1 aromatic carbocycles. The van der Waals surface area contributed by atoms with E-state index >= 15 is 0 Å². The Kier molecular flexibility index (Phi) is 2.87. The molecule has 62 valence electrons. The molecule has 0 aromatic heterocycles. The van der Waals surface area contributed by atoms with E-state index in [4.69, 9.17) is 0 Å². The highest BCUT2D eigenvalue weighted by Crippen LogP contribution is 2.14. The molecule has 0 atom stereocenters. The van der Waals surface area contributed by atoms with Gasteiger partial charge in [-0.15, -0.1) is 0 Å². The Morgan fingerprint density at radius 2 is 1.75 bits per heavy atom. The van der Waals surface area contributed by atoms with Crippen LogP contribution in [0.3, 0.4) is 0 Å². The molecule has 1 aromatic rings. The molecule has 0 spiro atoms. The molecule has 0 aliphatic rings. The average molecular weight is 158 g/mol. The number of hydrogen-bond acceptors (Lipinski definition) is 0. The summed E-state index contributed by atoms with van der Waals surface area (Å²) in [6, 6.07) is 6.32. The van der Waals surface area contributed by atoms with Crippen LogP contribution in [0.2, 0.25) is 0 Å². The van der Waals surface area contributed by atoms with Crippen LogP contribution in [-0.2, 0) is 0 Å². The lowest BCUT2D eigenvalue weighted by Gasteiger charge is -2.03. The quantitative estimate of drug-likeness (QED) is 0.578. The maximum atomic E-state index is 3.65. The van der Waals surface area contributed by atoms with E-state index in [1.54, 1.807) is 6.08 Å². The Morgan fingerprint density at radius 1 is 1.17 bits per heavy atom. The van der Waals surface area contributed by atoms with E-state index in [-0.39, 0.29) is 0 Å². The van der Waals surface area contributed by atoms with Gasteiger partial charge in [-0.1, -0.05) is 43.0 Å². The summed E-state index contributed by atoms with van der Waals surface area (Å²) >= 11 is 0. The van der Waals surface area contributed by atoms with Crippen molar-refractivity contribution in [2.75, 3.05) is 0 Å². The number of benzene rings is 1. The Morgan fingerprint density at radius 3 is 2.25 bits per heavy atom. The summed E-state index contributed by atoms with van der Waals surface area (Å²) in [5, 5.41) is 0. The van der Waals surface area contributed by atoms with Gasteiger partial charge in [0, 0.05) is 0 Å². The molecule has 0 nitrogen and oxygen atoms in total. The molecule has 1 rings (SSSR count). The lowest BCUT2D eigenvalue weighted by Crippen LogP contribution is -1.84. The van der Waals surface area contributed by atoms with E-state index < -0.39 is 0 Å². The van der Waals surface area contributed by atoms with Gasteiger partial charge in [-0.3, -0.25) is 0 Å². The molecule has 12 heavy (non-hydrogen) atoms. The smallest absolute Gasteiger partial charge is 0.0198 e. The Bertz CT molecular complexity index is 286. The van der Waals surface area contributed by atoms with E-state index in [0.29, 0.717) is 0 Å². The van der Waals surface area contributed by atoms with E-state index in [1.165, 1.54) is 16.7 Å². The first-order valence-corrected chi connectivity index (χ1v) is 4.11. The first-order chi connectivity index (χ1) is 5.75. The number of hydrogen-bond donors (Lipinski definition) is 0. The second-order valence-electron chi connectivity index (χ2n) is 2.90.